The molecular weight excluding hydrogens is 165 g/mol. The van der Waals surface area contributed by atoms with Gasteiger partial charge < -0.3 is 4.98 Å². The Labute approximate surface area is 75.2 Å². The molecule has 0 saturated heterocycles. The maximum Gasteiger partial charge on any atom is 0.123 e. The first kappa shape index (κ1) is 6.89. The topological polar surface area (TPSA) is 15.8 Å². The van der Waals surface area contributed by atoms with Crippen LogP contribution in [-0.2, 0) is 6.42 Å². The quantitative estimate of drug-likeness (QED) is 0.538. The van der Waals surface area contributed by atoms with Crippen molar-refractivity contribution in [3.05, 3.63) is 47.4 Å². The third-order valence-corrected chi connectivity index (χ3v) is 2.55. The molecule has 3 rings (SSSR count). The van der Waals surface area contributed by atoms with Gasteiger partial charge in [0.05, 0.1) is 0 Å². The Morgan fingerprint density at radius 2 is 2.08 bits per heavy atom. The molecule has 13 heavy (non-hydrogen) atoms. The molecule has 1 aliphatic rings. The monoisotopic (exact) mass is 173 g/mol. The largest absolute Gasteiger partial charge is 0.361 e. The van der Waals surface area contributed by atoms with E-state index in [1.165, 1.54) is 11.6 Å². The maximum absolute atomic E-state index is 12.9. The predicted molar refractivity (Wildman–Crippen MR) is 49.0 cm³/mol. The fourth-order valence-electron chi connectivity index (χ4n) is 1.96. The first-order valence-electron chi connectivity index (χ1n) is 4.29. The summed E-state index contributed by atoms with van der Waals surface area (Å²) in [6, 6.07) is 7.01. The number of halogens is 1. The third kappa shape index (κ3) is 0.856. The van der Waals surface area contributed by atoms with E-state index in [-0.39, 0.29) is 5.82 Å². The fourth-order valence-corrected chi connectivity index (χ4v) is 1.96. The van der Waals surface area contributed by atoms with E-state index in [0.717, 1.165) is 23.2 Å². The standard InChI is InChI=1S/C11H8FN/c12-9-1-2-10-8(6-9)5-7-3-4-13-11(7)10/h1-4,6,13H,5H2. The Morgan fingerprint density at radius 1 is 1.15 bits per heavy atom. The zero-order valence-corrected chi connectivity index (χ0v) is 6.97. The van der Waals surface area contributed by atoms with E-state index >= 15 is 0 Å². The number of hydrogen-bond donors (Lipinski definition) is 1. The van der Waals surface area contributed by atoms with Crippen LogP contribution in [0.5, 0.6) is 0 Å². The molecule has 1 aromatic heterocycles. The highest BCUT2D eigenvalue weighted by Gasteiger charge is 2.18. The molecule has 0 fully saturated rings. The van der Waals surface area contributed by atoms with Crippen LogP contribution >= 0.6 is 0 Å². The Bertz CT molecular complexity index is 471. The van der Waals surface area contributed by atoms with E-state index in [1.807, 2.05) is 18.3 Å². The molecule has 0 atom stereocenters. The van der Waals surface area contributed by atoms with Gasteiger partial charge in [0.2, 0.25) is 0 Å². The summed E-state index contributed by atoms with van der Waals surface area (Å²) in [7, 11) is 0. The molecule has 1 heterocycles. The molecule has 64 valence electrons. The minimum atomic E-state index is -0.149. The van der Waals surface area contributed by atoms with Crippen molar-refractivity contribution in [2.75, 3.05) is 0 Å². The van der Waals surface area contributed by atoms with E-state index < -0.39 is 0 Å². The van der Waals surface area contributed by atoms with E-state index in [4.69, 9.17) is 0 Å². The lowest BCUT2D eigenvalue weighted by Gasteiger charge is -1.98. The van der Waals surface area contributed by atoms with Crippen LogP contribution in [0.25, 0.3) is 11.3 Å². The van der Waals surface area contributed by atoms with Gasteiger partial charge in [-0.25, -0.2) is 4.39 Å². The summed E-state index contributed by atoms with van der Waals surface area (Å²) in [5.41, 5.74) is 4.64. The molecule has 1 aromatic carbocycles. The van der Waals surface area contributed by atoms with Crippen molar-refractivity contribution in [2.45, 2.75) is 6.42 Å². The van der Waals surface area contributed by atoms with Crippen molar-refractivity contribution in [2.24, 2.45) is 0 Å². The highest BCUT2D eigenvalue weighted by Crippen LogP contribution is 2.35. The van der Waals surface area contributed by atoms with Gasteiger partial charge in [-0.05, 0) is 35.4 Å². The minimum Gasteiger partial charge on any atom is -0.361 e. The molecule has 0 spiro atoms. The lowest BCUT2D eigenvalue weighted by Crippen LogP contribution is -1.82. The van der Waals surface area contributed by atoms with E-state index in [9.17, 15) is 4.39 Å². The number of benzene rings is 1. The highest BCUT2D eigenvalue weighted by molar-refractivity contribution is 5.73. The van der Waals surface area contributed by atoms with Gasteiger partial charge in [-0.15, -0.1) is 0 Å². The average molecular weight is 173 g/mol. The summed E-state index contributed by atoms with van der Waals surface area (Å²) < 4.78 is 12.9. The van der Waals surface area contributed by atoms with Gasteiger partial charge in [0.15, 0.2) is 0 Å². The van der Waals surface area contributed by atoms with Crippen LogP contribution in [0.2, 0.25) is 0 Å². The number of fused-ring (bicyclic) bond motifs is 3. The van der Waals surface area contributed by atoms with Crippen molar-refractivity contribution in [3.8, 4) is 11.3 Å². The van der Waals surface area contributed by atoms with Gasteiger partial charge in [0.1, 0.15) is 5.82 Å². The molecule has 2 heteroatoms. The summed E-state index contributed by atoms with van der Waals surface area (Å²) in [6.45, 7) is 0. The van der Waals surface area contributed by atoms with Gasteiger partial charge in [-0.1, -0.05) is 0 Å². The molecule has 0 bridgehead atoms. The highest BCUT2D eigenvalue weighted by atomic mass is 19.1. The Morgan fingerprint density at radius 3 is 3.00 bits per heavy atom. The molecule has 0 amide bonds. The molecule has 1 N–H and O–H groups in total. The van der Waals surface area contributed by atoms with E-state index in [0.29, 0.717) is 0 Å². The van der Waals surface area contributed by atoms with Gasteiger partial charge in [-0.3, -0.25) is 0 Å². The summed E-state index contributed by atoms with van der Waals surface area (Å²) in [5, 5.41) is 0. The van der Waals surface area contributed by atoms with Crippen LogP contribution in [0.3, 0.4) is 0 Å². The Hall–Kier alpha value is -1.57. The van der Waals surface area contributed by atoms with Gasteiger partial charge in [0.25, 0.3) is 0 Å². The molecule has 0 unspecified atom stereocenters. The Kier molecular flexibility index (Phi) is 1.18. The number of nitrogens with one attached hydrogen (secondary N) is 1. The predicted octanol–water partition coefficient (Wildman–Crippen LogP) is 2.73. The third-order valence-electron chi connectivity index (χ3n) is 2.55. The molecule has 0 saturated carbocycles. The molecule has 1 aliphatic carbocycles. The smallest absolute Gasteiger partial charge is 0.123 e. The second-order valence-electron chi connectivity index (χ2n) is 3.36. The van der Waals surface area contributed by atoms with E-state index in [1.54, 1.807) is 6.07 Å². The van der Waals surface area contributed by atoms with Crippen molar-refractivity contribution >= 4 is 0 Å². The molecular formula is C11H8FN. The lowest BCUT2D eigenvalue weighted by atomic mass is 10.1. The average Bonchev–Trinajstić information content (AvgIpc) is 2.62. The molecule has 2 aromatic rings. The second-order valence-corrected chi connectivity index (χ2v) is 3.36. The van der Waals surface area contributed by atoms with Crippen molar-refractivity contribution < 1.29 is 4.39 Å². The number of rotatable bonds is 0. The van der Waals surface area contributed by atoms with Gasteiger partial charge in [0, 0.05) is 23.9 Å². The number of H-pyrrole nitrogens is 1. The van der Waals surface area contributed by atoms with Crippen LogP contribution < -0.4 is 0 Å². The zero-order valence-electron chi connectivity index (χ0n) is 6.97. The van der Waals surface area contributed by atoms with Crippen molar-refractivity contribution in [1.29, 1.82) is 0 Å². The van der Waals surface area contributed by atoms with Crippen LogP contribution in [0.4, 0.5) is 4.39 Å². The van der Waals surface area contributed by atoms with Crippen molar-refractivity contribution in [3.63, 3.8) is 0 Å². The zero-order chi connectivity index (χ0) is 8.84. The summed E-state index contributed by atoms with van der Waals surface area (Å²) in [6.07, 6.45) is 2.78. The molecule has 0 radical (unpaired) electrons. The number of aromatic nitrogens is 1. The normalized spacial score (nSPS) is 12.7. The van der Waals surface area contributed by atoms with Crippen LogP contribution in [-0.4, -0.2) is 4.98 Å². The molecule has 0 aliphatic heterocycles. The van der Waals surface area contributed by atoms with Crippen LogP contribution in [0.1, 0.15) is 11.1 Å². The number of hydrogen-bond acceptors (Lipinski definition) is 0. The lowest BCUT2D eigenvalue weighted by molar-refractivity contribution is 0.626. The summed E-state index contributed by atoms with van der Waals surface area (Å²) in [5.74, 6) is -0.149. The van der Waals surface area contributed by atoms with Gasteiger partial charge >= 0.3 is 0 Å². The first-order valence-corrected chi connectivity index (χ1v) is 4.29. The maximum atomic E-state index is 12.9. The van der Waals surface area contributed by atoms with Crippen LogP contribution in [0, 0.1) is 5.82 Å². The Balaban J connectivity index is 2.29. The fraction of sp³-hybridized carbons (Fsp3) is 0.0909. The summed E-state index contributed by atoms with van der Waals surface area (Å²) in [4.78, 5) is 3.17. The van der Waals surface area contributed by atoms with E-state index in [2.05, 4.69) is 4.98 Å². The SMILES string of the molecule is Fc1ccc2c(c1)Cc1cc[nH]c1-2. The summed E-state index contributed by atoms with van der Waals surface area (Å²) >= 11 is 0. The van der Waals surface area contributed by atoms with Crippen LogP contribution in [0.15, 0.2) is 30.5 Å². The van der Waals surface area contributed by atoms with Crippen molar-refractivity contribution in [1.82, 2.24) is 4.98 Å². The molecule has 1 nitrogen and oxygen atoms in total. The second kappa shape index (κ2) is 2.22. The minimum absolute atomic E-state index is 0.149. The number of aromatic amines is 1. The first-order chi connectivity index (χ1) is 6.34. The van der Waals surface area contributed by atoms with Gasteiger partial charge in [-0.2, -0.15) is 0 Å².